The van der Waals surface area contributed by atoms with Gasteiger partial charge in [0, 0.05) is 5.56 Å². The number of allylic oxidation sites excluding steroid dienone is 1. The molecule has 0 saturated carbocycles. The van der Waals surface area contributed by atoms with Crippen molar-refractivity contribution in [3.63, 3.8) is 0 Å². The summed E-state index contributed by atoms with van der Waals surface area (Å²) in [7, 11) is 4.80. The second-order valence-electron chi connectivity index (χ2n) is 10.1. The van der Waals surface area contributed by atoms with Gasteiger partial charge in [0.25, 0.3) is 5.56 Å². The number of aryl methyl sites for hydroxylation is 1. The summed E-state index contributed by atoms with van der Waals surface area (Å²) >= 11 is 1.31. The Morgan fingerprint density at radius 3 is 2.41 bits per heavy atom. The Kier molecular flexibility index (Phi) is 9.38. The zero-order valence-electron chi connectivity index (χ0n) is 25.0. The summed E-state index contributed by atoms with van der Waals surface area (Å²) in [5.74, 6) is 1.66. The standard InChI is InChI=1S/C32H38N2O6S/c1-9-11-24-28(31(36)40-10-2)29(23-17-21(37-6)12-13-25(23)38-7)34-30(35)27(41-32(34)33-24)16-20-15-22(18(3)4)26(39-8)14-19(20)5/h12-18,29H,9-11H2,1-8H3/b27-16-/t29-/m0/s1. The number of hydrogen-bond acceptors (Lipinski definition) is 8. The smallest absolute Gasteiger partial charge is 0.338 e. The van der Waals surface area contributed by atoms with E-state index in [9.17, 15) is 9.59 Å². The molecule has 0 spiro atoms. The number of hydrogen-bond donors (Lipinski definition) is 0. The number of aromatic nitrogens is 1. The molecule has 1 aromatic heterocycles. The van der Waals surface area contributed by atoms with Crippen LogP contribution >= 0.6 is 11.3 Å². The van der Waals surface area contributed by atoms with Crippen molar-refractivity contribution in [2.75, 3.05) is 27.9 Å². The number of carbonyl (C=O) groups is 1. The van der Waals surface area contributed by atoms with Gasteiger partial charge in [0.1, 0.15) is 23.3 Å². The van der Waals surface area contributed by atoms with Gasteiger partial charge < -0.3 is 18.9 Å². The van der Waals surface area contributed by atoms with Crippen LogP contribution in [0.25, 0.3) is 6.08 Å². The van der Waals surface area contributed by atoms with Crippen molar-refractivity contribution in [2.45, 2.75) is 59.4 Å². The molecular formula is C32H38N2O6S. The van der Waals surface area contributed by atoms with Crippen molar-refractivity contribution in [2.24, 2.45) is 4.99 Å². The number of benzene rings is 2. The van der Waals surface area contributed by atoms with Gasteiger partial charge in [-0.2, -0.15) is 0 Å². The summed E-state index contributed by atoms with van der Waals surface area (Å²) in [5.41, 5.74) is 4.29. The van der Waals surface area contributed by atoms with Gasteiger partial charge in [-0.25, -0.2) is 9.79 Å². The fourth-order valence-corrected chi connectivity index (χ4v) is 6.12. The third kappa shape index (κ3) is 5.81. The van der Waals surface area contributed by atoms with Crippen LogP contribution in [-0.4, -0.2) is 38.5 Å². The van der Waals surface area contributed by atoms with Crippen molar-refractivity contribution in [3.05, 3.63) is 83.5 Å². The summed E-state index contributed by atoms with van der Waals surface area (Å²) in [5, 5.41) is 0. The van der Waals surface area contributed by atoms with Crippen LogP contribution in [0.1, 0.15) is 74.8 Å². The van der Waals surface area contributed by atoms with E-state index in [1.54, 1.807) is 51.0 Å². The van der Waals surface area contributed by atoms with E-state index >= 15 is 0 Å². The molecular weight excluding hydrogens is 540 g/mol. The van der Waals surface area contributed by atoms with Crippen LogP contribution in [0.15, 0.2) is 51.4 Å². The van der Waals surface area contributed by atoms with E-state index in [0.717, 1.165) is 28.9 Å². The van der Waals surface area contributed by atoms with Gasteiger partial charge in [-0.15, -0.1) is 0 Å². The van der Waals surface area contributed by atoms with Crippen molar-refractivity contribution >= 4 is 23.4 Å². The molecule has 2 aromatic carbocycles. The SMILES string of the molecule is CCCC1=C(C(=O)OCC)[C@H](c2cc(OC)ccc2OC)n2c(s/c(=C\c3cc(C(C)C)c(OC)cc3C)c2=O)=N1. The lowest BCUT2D eigenvalue weighted by atomic mass is 9.93. The minimum absolute atomic E-state index is 0.197. The van der Waals surface area contributed by atoms with Crippen LogP contribution in [0.3, 0.4) is 0 Å². The summed E-state index contributed by atoms with van der Waals surface area (Å²) in [6, 6.07) is 8.64. The lowest BCUT2D eigenvalue weighted by molar-refractivity contribution is -0.139. The zero-order valence-corrected chi connectivity index (χ0v) is 25.8. The van der Waals surface area contributed by atoms with E-state index < -0.39 is 12.0 Å². The molecule has 0 fully saturated rings. The van der Waals surface area contributed by atoms with Crippen molar-refractivity contribution < 1.29 is 23.7 Å². The first-order chi connectivity index (χ1) is 19.7. The number of methoxy groups -OCH3 is 3. The topological polar surface area (TPSA) is 88.4 Å². The molecule has 8 nitrogen and oxygen atoms in total. The predicted octanol–water partition coefficient (Wildman–Crippen LogP) is 5.04. The van der Waals surface area contributed by atoms with Crippen LogP contribution in [0.4, 0.5) is 0 Å². The lowest BCUT2D eigenvalue weighted by Gasteiger charge is -2.27. The third-order valence-corrected chi connectivity index (χ3v) is 8.13. The first-order valence-electron chi connectivity index (χ1n) is 13.8. The molecule has 1 atom stereocenters. The summed E-state index contributed by atoms with van der Waals surface area (Å²) < 4.78 is 24.5. The van der Waals surface area contributed by atoms with Crippen LogP contribution in [0, 0.1) is 6.92 Å². The van der Waals surface area contributed by atoms with Gasteiger partial charge >= 0.3 is 5.97 Å². The van der Waals surface area contributed by atoms with Gasteiger partial charge in [-0.05, 0) is 79.3 Å². The molecule has 0 saturated heterocycles. The second-order valence-corrected chi connectivity index (χ2v) is 11.1. The van der Waals surface area contributed by atoms with E-state index in [2.05, 4.69) is 19.9 Å². The molecule has 2 heterocycles. The van der Waals surface area contributed by atoms with Crippen molar-refractivity contribution in [3.8, 4) is 17.2 Å². The lowest BCUT2D eigenvalue weighted by Crippen LogP contribution is -2.40. The number of ether oxygens (including phenoxy) is 4. The quantitative estimate of drug-likeness (QED) is 0.314. The van der Waals surface area contributed by atoms with Crippen molar-refractivity contribution in [1.82, 2.24) is 4.57 Å². The Labute approximate surface area is 244 Å². The number of esters is 1. The molecule has 1 aliphatic rings. The van der Waals surface area contributed by atoms with E-state index in [1.807, 2.05) is 26.0 Å². The Bertz CT molecular complexity index is 1660. The molecule has 0 radical (unpaired) electrons. The van der Waals surface area contributed by atoms with Gasteiger partial charge in [0.05, 0.1) is 43.7 Å². The minimum Gasteiger partial charge on any atom is -0.497 e. The predicted molar refractivity (Wildman–Crippen MR) is 161 cm³/mol. The fourth-order valence-electron chi connectivity index (χ4n) is 5.11. The molecule has 0 amide bonds. The average molecular weight is 579 g/mol. The summed E-state index contributed by atoms with van der Waals surface area (Å²) in [6.07, 6.45) is 3.22. The fraction of sp³-hybridized carbons (Fsp3) is 0.406. The molecule has 0 aliphatic carbocycles. The Balaban J connectivity index is 2.06. The molecule has 41 heavy (non-hydrogen) atoms. The molecule has 0 unspecified atom stereocenters. The Hall–Kier alpha value is -3.85. The number of rotatable bonds is 10. The highest BCUT2D eigenvalue weighted by Gasteiger charge is 2.36. The molecule has 1 aliphatic heterocycles. The van der Waals surface area contributed by atoms with E-state index in [0.29, 0.717) is 44.1 Å². The minimum atomic E-state index is -0.803. The molecule has 0 N–H and O–H groups in total. The highest BCUT2D eigenvalue weighted by atomic mass is 32.1. The molecule has 218 valence electrons. The van der Waals surface area contributed by atoms with Gasteiger partial charge in [-0.1, -0.05) is 38.5 Å². The van der Waals surface area contributed by atoms with Gasteiger partial charge in [-0.3, -0.25) is 9.36 Å². The maximum absolute atomic E-state index is 14.2. The largest absolute Gasteiger partial charge is 0.497 e. The van der Waals surface area contributed by atoms with Crippen LogP contribution in [0.5, 0.6) is 17.2 Å². The summed E-state index contributed by atoms with van der Waals surface area (Å²) in [4.78, 5) is 33.1. The number of thiazole rings is 1. The highest BCUT2D eigenvalue weighted by molar-refractivity contribution is 7.07. The first kappa shape index (κ1) is 30.1. The molecule has 3 aromatic rings. The Morgan fingerprint density at radius 2 is 1.80 bits per heavy atom. The third-order valence-electron chi connectivity index (χ3n) is 7.15. The zero-order chi connectivity index (χ0) is 29.8. The Morgan fingerprint density at radius 1 is 1.07 bits per heavy atom. The summed E-state index contributed by atoms with van der Waals surface area (Å²) in [6.45, 7) is 10.2. The average Bonchev–Trinajstić information content (AvgIpc) is 3.26. The molecule has 4 rings (SSSR count). The van der Waals surface area contributed by atoms with Gasteiger partial charge in [0.2, 0.25) is 0 Å². The normalized spacial score (nSPS) is 15.0. The van der Waals surface area contributed by atoms with E-state index in [-0.39, 0.29) is 18.1 Å². The second kappa shape index (κ2) is 12.8. The monoisotopic (exact) mass is 578 g/mol. The highest BCUT2D eigenvalue weighted by Crippen LogP contribution is 2.39. The maximum atomic E-state index is 14.2. The van der Waals surface area contributed by atoms with Gasteiger partial charge in [0.15, 0.2) is 4.80 Å². The number of fused-ring (bicyclic) bond motifs is 1. The van der Waals surface area contributed by atoms with Crippen molar-refractivity contribution in [1.29, 1.82) is 0 Å². The van der Waals surface area contributed by atoms with E-state index in [1.165, 1.54) is 11.3 Å². The first-order valence-corrected chi connectivity index (χ1v) is 14.6. The number of nitrogens with zero attached hydrogens (tertiary/aromatic N) is 2. The van der Waals surface area contributed by atoms with E-state index in [4.69, 9.17) is 23.9 Å². The van der Waals surface area contributed by atoms with Crippen LogP contribution in [-0.2, 0) is 9.53 Å². The maximum Gasteiger partial charge on any atom is 0.338 e. The molecule has 9 heteroatoms. The molecule has 0 bridgehead atoms. The van der Waals surface area contributed by atoms with Crippen LogP contribution in [0.2, 0.25) is 0 Å². The van der Waals surface area contributed by atoms with Crippen LogP contribution < -0.4 is 29.1 Å². The number of carbonyl (C=O) groups excluding carboxylic acids is 1.